The van der Waals surface area contributed by atoms with E-state index < -0.39 is 12.1 Å². The number of hydrogen-bond donors (Lipinski definition) is 2. The summed E-state index contributed by atoms with van der Waals surface area (Å²) in [5.41, 5.74) is 0. The van der Waals surface area contributed by atoms with E-state index in [1.165, 1.54) is 50.3 Å². The summed E-state index contributed by atoms with van der Waals surface area (Å²) in [5, 5.41) is 19.6. The third-order valence-corrected chi connectivity index (χ3v) is 14.7. The van der Waals surface area contributed by atoms with Gasteiger partial charge in [-0.1, -0.05) is 89.5 Å². The van der Waals surface area contributed by atoms with E-state index in [2.05, 4.69) is 32.1 Å². The molecule has 13 heteroatoms. The highest BCUT2D eigenvalue weighted by Gasteiger charge is 2.44. The lowest BCUT2D eigenvalue weighted by molar-refractivity contribution is -0.196. The Balaban J connectivity index is 0.000000367. The van der Waals surface area contributed by atoms with Crippen LogP contribution in [0.5, 0.6) is 0 Å². The number of allylic oxidation sites excluding steroid dienone is 4. The topological polar surface area (TPSA) is 172 Å². The van der Waals surface area contributed by atoms with Gasteiger partial charge in [0.1, 0.15) is 23.3 Å². The number of ketones is 3. The molecule has 2 unspecified atom stereocenters. The van der Waals surface area contributed by atoms with Crippen molar-refractivity contribution in [2.24, 2.45) is 23.7 Å². The van der Waals surface area contributed by atoms with Crippen LogP contribution in [0.15, 0.2) is 24.3 Å². The van der Waals surface area contributed by atoms with Gasteiger partial charge in [0, 0.05) is 70.5 Å². The number of rotatable bonds is 36. The lowest BCUT2D eigenvalue weighted by Crippen LogP contribution is -2.31. The zero-order valence-corrected chi connectivity index (χ0v) is 44.0. The largest absolute Gasteiger partial charge is 0.481 e. The van der Waals surface area contributed by atoms with E-state index in [-0.39, 0.29) is 66.6 Å². The highest BCUT2D eigenvalue weighted by molar-refractivity contribution is 7.98. The molecule has 69 heavy (non-hydrogen) atoms. The molecule has 4 fully saturated rings. The minimum Gasteiger partial charge on any atom is -0.481 e. The summed E-state index contributed by atoms with van der Waals surface area (Å²) >= 11 is 1.49. The molecule has 2 saturated carbocycles. The van der Waals surface area contributed by atoms with Crippen LogP contribution in [0.4, 0.5) is 0 Å². The number of unbranched alkanes of at least 4 members (excludes halogenated alkanes) is 10. The van der Waals surface area contributed by atoms with Crippen molar-refractivity contribution in [3.63, 3.8) is 0 Å². The van der Waals surface area contributed by atoms with Crippen LogP contribution in [0.1, 0.15) is 219 Å². The number of aliphatic hydroxyl groups excluding tert-OH is 1. The third-order valence-electron chi connectivity index (χ3n) is 14.3. The number of carboxylic acids is 1. The Labute approximate surface area is 421 Å². The van der Waals surface area contributed by atoms with E-state index in [9.17, 15) is 29.1 Å². The molecule has 4 rings (SSSR count). The van der Waals surface area contributed by atoms with Gasteiger partial charge in [-0.3, -0.25) is 24.0 Å². The van der Waals surface area contributed by atoms with E-state index in [1.807, 2.05) is 12.3 Å². The predicted molar refractivity (Wildman–Crippen MR) is 274 cm³/mol. The van der Waals surface area contributed by atoms with Crippen LogP contribution >= 0.6 is 11.8 Å². The van der Waals surface area contributed by atoms with Gasteiger partial charge in [0.15, 0.2) is 12.6 Å². The fourth-order valence-electron chi connectivity index (χ4n) is 10.3. The zero-order valence-electron chi connectivity index (χ0n) is 43.1. The highest BCUT2D eigenvalue weighted by atomic mass is 32.2. The van der Waals surface area contributed by atoms with Crippen molar-refractivity contribution < 1.29 is 57.9 Å². The second-order valence-corrected chi connectivity index (χ2v) is 20.8. The van der Waals surface area contributed by atoms with Gasteiger partial charge >= 0.3 is 11.9 Å². The lowest BCUT2D eigenvalue weighted by Gasteiger charge is -2.30. The number of carbonyl (C=O) groups excluding carboxylic acids is 4. The monoisotopic (exact) mass is 991 g/mol. The lowest BCUT2D eigenvalue weighted by atomic mass is 9.85. The molecule has 0 bridgehead atoms. The number of esters is 1. The van der Waals surface area contributed by atoms with Crippen molar-refractivity contribution in [1.29, 1.82) is 0 Å². The smallest absolute Gasteiger partial charge is 0.306 e. The first kappa shape index (κ1) is 60.9. The number of aliphatic carboxylic acids is 1. The van der Waals surface area contributed by atoms with E-state index in [1.54, 1.807) is 0 Å². The Morgan fingerprint density at radius 3 is 1.74 bits per heavy atom. The Morgan fingerprint density at radius 1 is 0.638 bits per heavy atom. The maximum atomic E-state index is 13.0. The zero-order chi connectivity index (χ0) is 49.9. The molecule has 12 nitrogen and oxygen atoms in total. The molecular weight excluding hydrogens is 897 g/mol. The van der Waals surface area contributed by atoms with Gasteiger partial charge in [0.2, 0.25) is 0 Å². The molecule has 0 amide bonds. The Kier molecular flexibility index (Phi) is 33.7. The van der Waals surface area contributed by atoms with Crippen LogP contribution in [-0.4, -0.2) is 95.8 Å². The average molecular weight is 991 g/mol. The number of hydrogen-bond acceptors (Lipinski definition) is 12. The summed E-state index contributed by atoms with van der Waals surface area (Å²) in [7, 11) is 0. The maximum absolute atomic E-state index is 13.0. The first-order chi connectivity index (χ1) is 33.6. The molecule has 0 radical (unpaired) electrons. The average Bonchev–Trinajstić information content (AvgIpc) is 3.80. The first-order valence-corrected chi connectivity index (χ1v) is 28.9. The molecule has 0 aromatic rings. The van der Waals surface area contributed by atoms with Crippen molar-refractivity contribution in [1.82, 2.24) is 0 Å². The number of ether oxygens (including phenoxy) is 5. The Morgan fingerprint density at radius 2 is 1.19 bits per heavy atom. The SMILES string of the molecule is CCCCCCCC(=O)CC[C@@H]1[C@@H](C/C=C\CCCC(=O)O)[C@@H](O)C[C@H]1OC1CCCCO1.CCCCCCCC(=O)CC[C@H]1[C@H](OC2CCCCO2)CC(=O)[C@@H]1C/C=C\CCCC(=O)OCSC. The molecule has 2 N–H and O–H groups in total. The van der Waals surface area contributed by atoms with Crippen LogP contribution in [0.25, 0.3) is 0 Å². The fraction of sp³-hybridized carbons (Fsp3) is 0.839. The maximum Gasteiger partial charge on any atom is 0.306 e. The van der Waals surface area contributed by atoms with E-state index >= 15 is 0 Å². The van der Waals surface area contributed by atoms with Crippen molar-refractivity contribution in [2.75, 3.05) is 25.4 Å². The van der Waals surface area contributed by atoms with Crippen LogP contribution in [0.3, 0.4) is 0 Å². The summed E-state index contributed by atoms with van der Waals surface area (Å²) in [6, 6.07) is 0. The molecule has 4 aliphatic rings. The van der Waals surface area contributed by atoms with Gasteiger partial charge in [0.05, 0.1) is 18.3 Å². The van der Waals surface area contributed by atoms with Gasteiger partial charge in [-0.05, 0) is 127 Å². The summed E-state index contributed by atoms with van der Waals surface area (Å²) in [6.07, 6.45) is 36.3. The van der Waals surface area contributed by atoms with Crippen LogP contribution in [0, 0.1) is 23.7 Å². The number of carboxylic acid groups (broad SMARTS) is 1. The summed E-state index contributed by atoms with van der Waals surface area (Å²) in [6.45, 7) is 5.83. The fourth-order valence-corrected chi connectivity index (χ4v) is 10.6. The van der Waals surface area contributed by atoms with Crippen molar-refractivity contribution in [2.45, 2.75) is 250 Å². The minimum absolute atomic E-state index is 0.0539. The quantitative estimate of drug-likeness (QED) is 0.0263. The second kappa shape index (κ2) is 38.2. The predicted octanol–water partition coefficient (Wildman–Crippen LogP) is 12.6. The normalized spacial score (nSPS) is 26.1. The van der Waals surface area contributed by atoms with E-state index in [0.717, 1.165) is 103 Å². The molecule has 2 heterocycles. The molecule has 2 aliphatic heterocycles. The molecule has 2 aliphatic carbocycles. The summed E-state index contributed by atoms with van der Waals surface area (Å²) in [5.74, 6) is 0.471. The number of aliphatic hydroxyl groups is 1. The minimum atomic E-state index is -0.769. The highest BCUT2D eigenvalue weighted by Crippen LogP contribution is 2.42. The second-order valence-electron chi connectivity index (χ2n) is 20.0. The molecule has 9 atom stereocenters. The molecule has 396 valence electrons. The van der Waals surface area contributed by atoms with Gasteiger partial charge in [-0.25, -0.2) is 0 Å². The molecule has 2 saturated heterocycles. The standard InChI is InChI=1S/C29H48O6S.C27H46O6/c1-3-4-5-6-9-14-23(30)18-19-25-24(15-10-7-8-11-16-28(32)34-22-36-2)26(31)21-27(25)35-29-17-12-13-20-33-29;1-2-3-4-5-8-13-21(28)17-18-23-22(14-9-6-7-10-15-26(30)31)24(29)20-25(23)33-27-16-11-12-19-32-27/h7,10,24-25,27,29H,3-6,8-9,11-22H2,1-2H3;6,9,22-25,27,29H,2-5,7-8,10-20H2,1H3,(H,30,31)/b10-7-;9-6-/t24-,25-,27-,29?;22-,23-,24+,25-,27?/m11/s1. The van der Waals surface area contributed by atoms with E-state index in [4.69, 9.17) is 28.8 Å². The number of carbonyl (C=O) groups is 5. The van der Waals surface area contributed by atoms with Gasteiger partial charge in [-0.15, -0.1) is 11.8 Å². The van der Waals surface area contributed by atoms with Crippen molar-refractivity contribution in [3.05, 3.63) is 24.3 Å². The third kappa shape index (κ3) is 26.7. The van der Waals surface area contributed by atoms with Gasteiger partial charge in [0.25, 0.3) is 0 Å². The molecule has 0 aromatic heterocycles. The molecule has 0 aromatic carbocycles. The van der Waals surface area contributed by atoms with Gasteiger partial charge < -0.3 is 33.9 Å². The van der Waals surface area contributed by atoms with Crippen molar-refractivity contribution in [3.8, 4) is 0 Å². The summed E-state index contributed by atoms with van der Waals surface area (Å²) in [4.78, 5) is 60.3. The number of Topliss-reactive ketones (excluding diaryl/α,β-unsaturated/α-hetero) is 3. The van der Waals surface area contributed by atoms with Gasteiger partial charge in [-0.2, -0.15) is 0 Å². The van der Waals surface area contributed by atoms with E-state index in [0.29, 0.717) is 88.3 Å². The Hall–Kier alpha value is -2.42. The van der Waals surface area contributed by atoms with Crippen LogP contribution in [0.2, 0.25) is 0 Å². The number of thioether (sulfide) groups is 1. The Bertz CT molecular complexity index is 1470. The van der Waals surface area contributed by atoms with Crippen molar-refractivity contribution >= 4 is 41.1 Å². The van der Waals surface area contributed by atoms with Crippen LogP contribution < -0.4 is 0 Å². The first-order valence-electron chi connectivity index (χ1n) is 27.5. The molecule has 0 spiro atoms. The van der Waals surface area contributed by atoms with Crippen LogP contribution in [-0.2, 0) is 47.7 Å². The molecular formula is C56H94O12S. The summed E-state index contributed by atoms with van der Waals surface area (Å²) < 4.78 is 29.2.